The Hall–Kier alpha value is -1.06. The first-order valence-corrected chi connectivity index (χ1v) is 5.69. The van der Waals surface area contributed by atoms with E-state index in [0.29, 0.717) is 0 Å². The summed E-state index contributed by atoms with van der Waals surface area (Å²) >= 11 is 0. The molecule has 0 saturated carbocycles. The fourth-order valence-corrected chi connectivity index (χ4v) is 1.67. The predicted octanol–water partition coefficient (Wildman–Crippen LogP) is 2.79. The zero-order chi connectivity index (χ0) is 12.1. The predicted molar refractivity (Wildman–Crippen MR) is 74.7 cm³/mol. The minimum Gasteiger partial charge on any atom is -0.324 e. The van der Waals surface area contributed by atoms with Crippen molar-refractivity contribution in [1.29, 1.82) is 0 Å². The van der Waals surface area contributed by atoms with Crippen molar-refractivity contribution in [3.05, 3.63) is 29.3 Å². The van der Waals surface area contributed by atoms with Gasteiger partial charge in [-0.05, 0) is 31.4 Å². The molecule has 1 unspecified atom stereocenters. The molecule has 0 saturated heterocycles. The number of anilines is 1. The lowest BCUT2D eigenvalue weighted by Crippen LogP contribution is -2.35. The molecule has 0 aliphatic carbocycles. The van der Waals surface area contributed by atoms with E-state index in [1.807, 2.05) is 39.0 Å². The molecule has 1 amide bonds. The van der Waals surface area contributed by atoms with Crippen LogP contribution in [0.5, 0.6) is 0 Å². The summed E-state index contributed by atoms with van der Waals surface area (Å²) in [4.78, 5) is 11.8. The number of hydrogen-bond donors (Lipinski definition) is 2. The Labute approximate surface area is 109 Å². The molecule has 1 aromatic rings. The van der Waals surface area contributed by atoms with Gasteiger partial charge in [0.1, 0.15) is 0 Å². The number of benzene rings is 1. The fraction of sp³-hybridized carbons (Fsp3) is 0.462. The van der Waals surface area contributed by atoms with E-state index in [0.717, 1.165) is 29.7 Å². The number of carbonyl (C=O) groups is 1. The van der Waals surface area contributed by atoms with E-state index in [1.165, 1.54) is 0 Å². The molecule has 0 aliphatic heterocycles. The van der Waals surface area contributed by atoms with E-state index in [9.17, 15) is 4.79 Å². The average Bonchev–Trinajstić information content (AvgIpc) is 2.23. The summed E-state index contributed by atoms with van der Waals surface area (Å²) < 4.78 is 0. The molecule has 3 nitrogen and oxygen atoms in total. The van der Waals surface area contributed by atoms with Crippen molar-refractivity contribution >= 4 is 24.0 Å². The van der Waals surface area contributed by atoms with Crippen LogP contribution in [0.25, 0.3) is 0 Å². The molecule has 0 radical (unpaired) electrons. The summed E-state index contributed by atoms with van der Waals surface area (Å²) in [5, 5.41) is 2.90. The van der Waals surface area contributed by atoms with Gasteiger partial charge >= 0.3 is 0 Å². The highest BCUT2D eigenvalue weighted by Crippen LogP contribution is 2.19. The molecule has 1 atom stereocenters. The zero-order valence-electron chi connectivity index (χ0n) is 10.6. The maximum atomic E-state index is 11.8. The van der Waals surface area contributed by atoms with Gasteiger partial charge in [-0.3, -0.25) is 4.79 Å². The van der Waals surface area contributed by atoms with Gasteiger partial charge in [0.05, 0.1) is 6.04 Å². The Bertz CT molecular complexity index is 359. The Morgan fingerprint density at radius 1 is 1.35 bits per heavy atom. The number of nitrogens with two attached hydrogens (primary N) is 1. The number of para-hydroxylation sites is 1. The number of halogens is 1. The monoisotopic (exact) mass is 256 g/mol. The number of amides is 1. The average molecular weight is 257 g/mol. The molecule has 0 bridgehead atoms. The number of nitrogens with one attached hydrogen (secondary N) is 1. The molecule has 0 heterocycles. The lowest BCUT2D eigenvalue weighted by molar-refractivity contribution is -0.117. The molecule has 4 heteroatoms. The van der Waals surface area contributed by atoms with Crippen LogP contribution in [-0.2, 0) is 4.79 Å². The van der Waals surface area contributed by atoms with Crippen LogP contribution in [0.3, 0.4) is 0 Å². The third-order valence-electron chi connectivity index (χ3n) is 2.67. The lowest BCUT2D eigenvalue weighted by Gasteiger charge is -2.14. The molecule has 17 heavy (non-hydrogen) atoms. The van der Waals surface area contributed by atoms with Crippen molar-refractivity contribution in [2.75, 3.05) is 5.32 Å². The topological polar surface area (TPSA) is 55.1 Å². The second-order valence-electron chi connectivity index (χ2n) is 4.15. The van der Waals surface area contributed by atoms with Crippen molar-refractivity contribution in [3.8, 4) is 0 Å². The van der Waals surface area contributed by atoms with Crippen LogP contribution >= 0.6 is 12.4 Å². The summed E-state index contributed by atoms with van der Waals surface area (Å²) in [7, 11) is 0. The lowest BCUT2D eigenvalue weighted by atomic mass is 10.1. The second kappa shape index (κ2) is 7.30. The van der Waals surface area contributed by atoms with Crippen molar-refractivity contribution < 1.29 is 4.79 Å². The first kappa shape index (κ1) is 15.9. The van der Waals surface area contributed by atoms with Gasteiger partial charge < -0.3 is 11.1 Å². The van der Waals surface area contributed by atoms with Crippen LogP contribution < -0.4 is 11.1 Å². The van der Waals surface area contributed by atoms with Gasteiger partial charge in [0.25, 0.3) is 0 Å². The first-order valence-electron chi connectivity index (χ1n) is 5.69. The van der Waals surface area contributed by atoms with Gasteiger partial charge in [-0.15, -0.1) is 12.4 Å². The van der Waals surface area contributed by atoms with Crippen LogP contribution in [0.15, 0.2) is 18.2 Å². The Kier molecular flexibility index (Phi) is 6.85. The Morgan fingerprint density at radius 3 is 2.35 bits per heavy atom. The number of hydrogen-bond acceptors (Lipinski definition) is 2. The SMILES string of the molecule is CCCC(N)C(=O)Nc1c(C)cccc1C.Cl. The summed E-state index contributed by atoms with van der Waals surface area (Å²) in [6.07, 6.45) is 1.64. The summed E-state index contributed by atoms with van der Waals surface area (Å²) in [5.41, 5.74) is 8.79. The number of rotatable bonds is 4. The van der Waals surface area contributed by atoms with Gasteiger partial charge in [0.2, 0.25) is 5.91 Å². The summed E-state index contributed by atoms with van der Waals surface area (Å²) in [6.45, 7) is 5.98. The van der Waals surface area contributed by atoms with Crippen LogP contribution in [0.4, 0.5) is 5.69 Å². The van der Waals surface area contributed by atoms with Crippen molar-refractivity contribution in [3.63, 3.8) is 0 Å². The quantitative estimate of drug-likeness (QED) is 0.870. The fourth-order valence-electron chi connectivity index (χ4n) is 1.67. The molecule has 1 rings (SSSR count). The van der Waals surface area contributed by atoms with Crippen LogP contribution in [0.1, 0.15) is 30.9 Å². The van der Waals surface area contributed by atoms with E-state index in [-0.39, 0.29) is 18.3 Å². The van der Waals surface area contributed by atoms with Crippen LogP contribution in [0.2, 0.25) is 0 Å². The van der Waals surface area contributed by atoms with Crippen molar-refractivity contribution in [2.24, 2.45) is 5.73 Å². The summed E-state index contributed by atoms with van der Waals surface area (Å²) in [5.74, 6) is -0.0979. The number of aryl methyl sites for hydroxylation is 2. The third-order valence-corrected chi connectivity index (χ3v) is 2.67. The van der Waals surface area contributed by atoms with E-state index >= 15 is 0 Å². The van der Waals surface area contributed by atoms with E-state index in [2.05, 4.69) is 5.32 Å². The minimum absolute atomic E-state index is 0. The Morgan fingerprint density at radius 2 is 1.88 bits per heavy atom. The first-order chi connectivity index (χ1) is 7.56. The van der Waals surface area contributed by atoms with Gasteiger partial charge in [-0.2, -0.15) is 0 Å². The molecular weight excluding hydrogens is 236 g/mol. The molecule has 96 valence electrons. The highest BCUT2D eigenvalue weighted by atomic mass is 35.5. The molecule has 0 fully saturated rings. The molecular formula is C13H21ClN2O. The largest absolute Gasteiger partial charge is 0.324 e. The van der Waals surface area contributed by atoms with Gasteiger partial charge in [-0.25, -0.2) is 0 Å². The van der Waals surface area contributed by atoms with E-state index in [1.54, 1.807) is 0 Å². The molecule has 1 aromatic carbocycles. The van der Waals surface area contributed by atoms with E-state index in [4.69, 9.17) is 5.73 Å². The normalized spacial score (nSPS) is 11.5. The molecule has 0 spiro atoms. The van der Waals surface area contributed by atoms with Crippen LogP contribution in [0, 0.1) is 13.8 Å². The second-order valence-corrected chi connectivity index (χ2v) is 4.15. The maximum absolute atomic E-state index is 11.8. The molecule has 3 N–H and O–H groups in total. The van der Waals surface area contributed by atoms with Crippen molar-refractivity contribution in [1.82, 2.24) is 0 Å². The summed E-state index contributed by atoms with van der Waals surface area (Å²) in [6, 6.07) is 5.53. The van der Waals surface area contributed by atoms with Crippen molar-refractivity contribution in [2.45, 2.75) is 39.7 Å². The smallest absolute Gasteiger partial charge is 0.241 e. The molecule has 0 aromatic heterocycles. The minimum atomic E-state index is -0.413. The van der Waals surface area contributed by atoms with Gasteiger partial charge in [0, 0.05) is 5.69 Å². The number of carbonyl (C=O) groups excluding carboxylic acids is 1. The standard InChI is InChI=1S/C13H20N2O.ClH/c1-4-6-11(14)13(16)15-12-9(2)7-5-8-10(12)3;/h5,7-8,11H,4,6,14H2,1-3H3,(H,15,16);1H. The third kappa shape index (κ3) is 4.36. The van der Waals surface area contributed by atoms with Crippen LogP contribution in [-0.4, -0.2) is 11.9 Å². The van der Waals surface area contributed by atoms with Gasteiger partial charge in [0.15, 0.2) is 0 Å². The van der Waals surface area contributed by atoms with E-state index < -0.39 is 6.04 Å². The highest BCUT2D eigenvalue weighted by molar-refractivity contribution is 5.95. The Balaban J connectivity index is 0.00000256. The maximum Gasteiger partial charge on any atom is 0.241 e. The van der Waals surface area contributed by atoms with Gasteiger partial charge in [-0.1, -0.05) is 31.5 Å². The highest BCUT2D eigenvalue weighted by Gasteiger charge is 2.14. The molecule has 0 aliphatic rings. The zero-order valence-corrected chi connectivity index (χ0v) is 11.4.